The van der Waals surface area contributed by atoms with Gasteiger partial charge in [0.15, 0.2) is 0 Å². The summed E-state index contributed by atoms with van der Waals surface area (Å²) in [5, 5.41) is 22.8. The van der Waals surface area contributed by atoms with E-state index in [1.165, 1.54) is 25.1 Å². The first-order valence-electron chi connectivity index (χ1n) is 4.34. The summed E-state index contributed by atoms with van der Waals surface area (Å²) < 4.78 is 0.522. The molecule has 16 heavy (non-hydrogen) atoms. The number of aromatic nitrogens is 2. The van der Waals surface area contributed by atoms with Gasteiger partial charge in [0, 0.05) is 13.0 Å². The van der Waals surface area contributed by atoms with Gasteiger partial charge < -0.3 is 5.21 Å². The number of halogens is 1. The molecule has 0 aliphatic heterocycles. The average Bonchev–Trinajstić information content (AvgIpc) is 2.25. The highest BCUT2D eigenvalue weighted by atomic mass is 35.5. The molecule has 0 radical (unpaired) electrons. The number of fused-ring (bicyclic) bond motifs is 1. The van der Waals surface area contributed by atoms with Gasteiger partial charge in [0.2, 0.25) is 0 Å². The van der Waals surface area contributed by atoms with Crippen molar-refractivity contribution in [2.75, 3.05) is 0 Å². The van der Waals surface area contributed by atoms with E-state index in [0.29, 0.717) is 10.1 Å². The van der Waals surface area contributed by atoms with Crippen molar-refractivity contribution < 1.29 is 9.65 Å². The van der Waals surface area contributed by atoms with Crippen LogP contribution in [0.25, 0.3) is 10.9 Å². The van der Waals surface area contributed by atoms with Crippen LogP contribution in [0.2, 0.25) is 5.15 Å². The van der Waals surface area contributed by atoms with E-state index >= 15 is 0 Å². The molecule has 0 amide bonds. The van der Waals surface area contributed by atoms with Crippen LogP contribution in [0.4, 0.5) is 5.69 Å². The second-order valence-electron chi connectivity index (χ2n) is 3.20. The lowest BCUT2D eigenvalue weighted by molar-refractivity contribution is -0.588. The molecule has 0 saturated heterocycles. The SMILES string of the molecule is Cc1nc(Cl)c2ccc([N+](=O)[O-])cc2[n+]1[O-]. The van der Waals surface area contributed by atoms with Crippen LogP contribution in [0.1, 0.15) is 5.82 Å². The number of nitro groups is 1. The number of non-ortho nitro benzene ring substituents is 1. The van der Waals surface area contributed by atoms with Crippen LogP contribution in [0.15, 0.2) is 18.2 Å². The molecule has 2 aromatic rings. The highest BCUT2D eigenvalue weighted by molar-refractivity contribution is 6.33. The number of rotatable bonds is 1. The zero-order valence-corrected chi connectivity index (χ0v) is 8.93. The summed E-state index contributed by atoms with van der Waals surface area (Å²) in [5.41, 5.74) is -0.00883. The molecule has 0 aliphatic rings. The quantitative estimate of drug-likeness (QED) is 0.249. The Bertz CT molecular complexity index is 600. The van der Waals surface area contributed by atoms with Gasteiger partial charge in [-0.2, -0.15) is 0 Å². The van der Waals surface area contributed by atoms with Crippen molar-refractivity contribution in [3.63, 3.8) is 0 Å². The molecule has 0 atom stereocenters. The zero-order valence-electron chi connectivity index (χ0n) is 8.18. The predicted molar refractivity (Wildman–Crippen MR) is 57.1 cm³/mol. The molecule has 1 aromatic heterocycles. The highest BCUT2D eigenvalue weighted by Gasteiger charge is 2.16. The molecule has 0 bridgehead atoms. The fourth-order valence-electron chi connectivity index (χ4n) is 1.40. The van der Waals surface area contributed by atoms with Crippen LogP contribution in [0.5, 0.6) is 0 Å². The number of benzene rings is 1. The Morgan fingerprint density at radius 1 is 1.50 bits per heavy atom. The molecule has 0 aliphatic carbocycles. The Morgan fingerprint density at radius 2 is 2.19 bits per heavy atom. The maximum absolute atomic E-state index is 11.6. The van der Waals surface area contributed by atoms with Crippen LogP contribution in [0.3, 0.4) is 0 Å². The molecule has 82 valence electrons. The number of nitro benzene ring substituents is 1. The molecule has 6 nitrogen and oxygen atoms in total. The van der Waals surface area contributed by atoms with Gasteiger partial charge in [0.05, 0.1) is 16.4 Å². The third-order valence-corrected chi connectivity index (χ3v) is 2.48. The number of nitrogens with zero attached hydrogens (tertiary/aromatic N) is 3. The van der Waals surface area contributed by atoms with Crippen molar-refractivity contribution in [3.05, 3.63) is 44.5 Å². The largest absolute Gasteiger partial charge is 0.710 e. The lowest BCUT2D eigenvalue weighted by Crippen LogP contribution is -2.32. The predicted octanol–water partition coefficient (Wildman–Crippen LogP) is 1.74. The van der Waals surface area contributed by atoms with Crippen molar-refractivity contribution in [1.29, 1.82) is 0 Å². The molecule has 1 heterocycles. The summed E-state index contributed by atoms with van der Waals surface area (Å²) in [6.07, 6.45) is 0. The second kappa shape index (κ2) is 3.57. The molecule has 1 aromatic carbocycles. The summed E-state index contributed by atoms with van der Waals surface area (Å²) in [6.45, 7) is 1.48. The number of hydrogen-bond acceptors (Lipinski definition) is 4. The van der Waals surface area contributed by atoms with Crippen molar-refractivity contribution >= 4 is 28.2 Å². The van der Waals surface area contributed by atoms with E-state index in [2.05, 4.69) is 4.98 Å². The van der Waals surface area contributed by atoms with E-state index in [-0.39, 0.29) is 22.2 Å². The summed E-state index contributed by atoms with van der Waals surface area (Å²) in [5.74, 6) is 0.151. The van der Waals surface area contributed by atoms with E-state index in [0.717, 1.165) is 0 Å². The van der Waals surface area contributed by atoms with Gasteiger partial charge >= 0.3 is 5.82 Å². The molecule has 2 rings (SSSR count). The van der Waals surface area contributed by atoms with Crippen LogP contribution in [-0.4, -0.2) is 9.91 Å². The summed E-state index contributed by atoms with van der Waals surface area (Å²) in [7, 11) is 0. The molecule has 0 N–H and O–H groups in total. The number of hydrogen-bond donors (Lipinski definition) is 0. The molecule has 0 saturated carbocycles. The molecule has 0 unspecified atom stereocenters. The van der Waals surface area contributed by atoms with Gasteiger partial charge in [-0.3, -0.25) is 10.1 Å². The number of aryl methyl sites for hydroxylation is 1. The van der Waals surface area contributed by atoms with Gasteiger partial charge in [-0.05, 0) is 22.7 Å². The Hall–Kier alpha value is -1.95. The maximum Gasteiger partial charge on any atom is 0.300 e. The van der Waals surface area contributed by atoms with Crippen LogP contribution in [0, 0.1) is 22.2 Å². The Labute approximate surface area is 94.8 Å². The van der Waals surface area contributed by atoms with Gasteiger partial charge in [0.1, 0.15) is 5.52 Å². The zero-order chi connectivity index (χ0) is 11.9. The fourth-order valence-corrected chi connectivity index (χ4v) is 1.68. The molecular formula is C9H6ClN3O3. The second-order valence-corrected chi connectivity index (χ2v) is 3.56. The van der Waals surface area contributed by atoms with Gasteiger partial charge in [0.25, 0.3) is 10.8 Å². The molecule has 7 heteroatoms. The Morgan fingerprint density at radius 3 is 2.81 bits per heavy atom. The average molecular weight is 240 g/mol. The third-order valence-electron chi connectivity index (χ3n) is 2.19. The minimum absolute atomic E-state index is 0.145. The molecule has 0 fully saturated rings. The van der Waals surface area contributed by atoms with E-state index in [1.807, 2.05) is 0 Å². The minimum Gasteiger partial charge on any atom is -0.710 e. The summed E-state index contributed by atoms with van der Waals surface area (Å²) >= 11 is 5.83. The van der Waals surface area contributed by atoms with Crippen molar-refractivity contribution in [3.8, 4) is 0 Å². The van der Waals surface area contributed by atoms with E-state index < -0.39 is 4.92 Å². The van der Waals surface area contributed by atoms with Crippen LogP contribution in [-0.2, 0) is 0 Å². The third kappa shape index (κ3) is 1.53. The summed E-state index contributed by atoms with van der Waals surface area (Å²) in [6, 6.07) is 3.88. The first kappa shape index (κ1) is 10.6. The minimum atomic E-state index is -0.566. The van der Waals surface area contributed by atoms with E-state index in [1.54, 1.807) is 0 Å². The van der Waals surface area contributed by atoms with Gasteiger partial charge in [-0.25, -0.2) is 4.73 Å². The maximum atomic E-state index is 11.6. The Balaban J connectivity index is 2.86. The first-order chi connectivity index (χ1) is 7.50. The van der Waals surface area contributed by atoms with Gasteiger partial charge in [-0.1, -0.05) is 0 Å². The topological polar surface area (TPSA) is 83.0 Å². The standard InChI is InChI=1S/C9H6ClN3O3/c1-5-11-9(10)7-3-2-6(13(15)16)4-8(7)12(5)14/h2-4H,1H3. The smallest absolute Gasteiger partial charge is 0.300 e. The molecular weight excluding hydrogens is 234 g/mol. The van der Waals surface area contributed by atoms with Gasteiger partial charge in [-0.15, -0.1) is 0 Å². The molecule has 0 spiro atoms. The summed E-state index contributed by atoms with van der Waals surface area (Å²) in [4.78, 5) is 13.8. The lowest BCUT2D eigenvalue weighted by Gasteiger charge is -2.07. The normalized spacial score (nSPS) is 10.6. The highest BCUT2D eigenvalue weighted by Crippen LogP contribution is 2.23. The van der Waals surface area contributed by atoms with Crippen molar-refractivity contribution in [2.24, 2.45) is 0 Å². The fraction of sp³-hybridized carbons (Fsp3) is 0.111. The lowest BCUT2D eigenvalue weighted by atomic mass is 10.2. The monoisotopic (exact) mass is 239 g/mol. The van der Waals surface area contributed by atoms with Crippen LogP contribution >= 0.6 is 11.6 Å². The van der Waals surface area contributed by atoms with E-state index in [9.17, 15) is 15.3 Å². The van der Waals surface area contributed by atoms with E-state index in [4.69, 9.17) is 11.6 Å². The Kier molecular flexibility index (Phi) is 2.35. The van der Waals surface area contributed by atoms with Crippen molar-refractivity contribution in [2.45, 2.75) is 6.92 Å². The first-order valence-corrected chi connectivity index (χ1v) is 4.72. The van der Waals surface area contributed by atoms with Crippen LogP contribution < -0.4 is 4.73 Å². The van der Waals surface area contributed by atoms with Crippen molar-refractivity contribution in [1.82, 2.24) is 4.98 Å².